The molecule has 0 amide bonds. The maximum atomic E-state index is 4.25. The lowest BCUT2D eigenvalue weighted by Crippen LogP contribution is -2.36. The second-order valence-electron chi connectivity index (χ2n) is 5.20. The fourth-order valence-corrected chi connectivity index (χ4v) is 3.64. The first-order valence-corrected chi connectivity index (χ1v) is 8.04. The van der Waals surface area contributed by atoms with Crippen molar-refractivity contribution in [1.82, 2.24) is 19.7 Å². The van der Waals surface area contributed by atoms with Crippen LogP contribution < -0.4 is 0 Å². The number of likely N-dealkylation sites (tertiary alicyclic amines) is 1. The number of aromatic nitrogens is 3. The number of hydrogen-bond donors (Lipinski definition) is 0. The third kappa shape index (κ3) is 3.83. The number of rotatable bonds is 6. The number of hydrogen-bond acceptors (Lipinski definition) is 4. The van der Waals surface area contributed by atoms with Gasteiger partial charge in [-0.05, 0) is 39.8 Å². The van der Waals surface area contributed by atoms with E-state index in [4.69, 9.17) is 0 Å². The minimum absolute atomic E-state index is 0.748. The molecule has 106 valence electrons. The Morgan fingerprint density at radius 3 is 3.00 bits per heavy atom. The van der Waals surface area contributed by atoms with Crippen LogP contribution in [-0.4, -0.2) is 45.1 Å². The molecule has 1 aromatic rings. The zero-order valence-electron chi connectivity index (χ0n) is 12.0. The quantitative estimate of drug-likeness (QED) is 0.593. The zero-order chi connectivity index (χ0) is 13.7. The van der Waals surface area contributed by atoms with Gasteiger partial charge in [0.15, 0.2) is 5.16 Å². The Morgan fingerprint density at radius 2 is 2.26 bits per heavy atom. The maximum Gasteiger partial charge on any atom is 0.191 e. The van der Waals surface area contributed by atoms with Gasteiger partial charge in [0.1, 0.15) is 5.82 Å². The second kappa shape index (κ2) is 7.10. The normalized spacial score (nSPS) is 20.6. The number of thioether (sulfide) groups is 1. The first-order chi connectivity index (χ1) is 9.22. The molecule has 1 fully saturated rings. The Balaban J connectivity index is 1.83. The van der Waals surface area contributed by atoms with Crippen molar-refractivity contribution in [2.45, 2.75) is 50.4 Å². The van der Waals surface area contributed by atoms with Crippen molar-refractivity contribution in [3.05, 3.63) is 18.5 Å². The van der Waals surface area contributed by atoms with E-state index in [9.17, 15) is 0 Å². The summed E-state index contributed by atoms with van der Waals surface area (Å²) in [5.74, 6) is 2.08. The van der Waals surface area contributed by atoms with E-state index in [1.165, 1.54) is 32.2 Å². The highest BCUT2D eigenvalue weighted by Crippen LogP contribution is 2.23. The minimum atomic E-state index is 0.748. The maximum absolute atomic E-state index is 4.25. The summed E-state index contributed by atoms with van der Waals surface area (Å²) in [6, 6.07) is 0.748. The molecule has 1 atom stereocenters. The molecule has 19 heavy (non-hydrogen) atoms. The molecule has 0 aromatic carbocycles. The summed E-state index contributed by atoms with van der Waals surface area (Å²) < 4.78 is 2.13. The Morgan fingerprint density at radius 1 is 1.42 bits per heavy atom. The molecule has 0 radical (unpaired) electrons. The Bertz CT molecular complexity index is 416. The van der Waals surface area contributed by atoms with Crippen LogP contribution in [0.1, 0.15) is 31.5 Å². The molecule has 2 heterocycles. The number of aryl methyl sites for hydroxylation is 1. The van der Waals surface area contributed by atoms with Crippen molar-refractivity contribution >= 4 is 11.8 Å². The molecule has 0 bridgehead atoms. The number of allylic oxidation sites excluding steroid dienone is 1. The summed E-state index contributed by atoms with van der Waals surface area (Å²) in [7, 11) is 2.25. The zero-order valence-corrected chi connectivity index (χ0v) is 12.8. The van der Waals surface area contributed by atoms with Gasteiger partial charge >= 0.3 is 0 Å². The molecule has 1 aliphatic heterocycles. The van der Waals surface area contributed by atoms with Gasteiger partial charge in [-0.2, -0.15) is 0 Å². The predicted molar refractivity (Wildman–Crippen MR) is 80.6 cm³/mol. The second-order valence-corrected chi connectivity index (χ2v) is 6.26. The molecule has 1 aliphatic rings. The van der Waals surface area contributed by atoms with Gasteiger partial charge in [0.05, 0.1) is 0 Å². The molecule has 2 rings (SSSR count). The molecule has 1 aromatic heterocycles. The average molecular weight is 280 g/mol. The molecule has 0 spiro atoms. The van der Waals surface area contributed by atoms with Crippen LogP contribution in [0, 0.1) is 6.92 Å². The molecule has 0 saturated carbocycles. The first kappa shape index (κ1) is 14.6. The summed E-state index contributed by atoms with van der Waals surface area (Å²) in [6.45, 7) is 7.83. The lowest BCUT2D eigenvalue weighted by Gasteiger charge is -2.32. The molecule has 0 N–H and O–H groups in total. The van der Waals surface area contributed by atoms with Crippen molar-refractivity contribution in [2.24, 2.45) is 0 Å². The van der Waals surface area contributed by atoms with E-state index in [0.717, 1.165) is 29.3 Å². The van der Waals surface area contributed by atoms with Gasteiger partial charge in [0.25, 0.3) is 0 Å². The van der Waals surface area contributed by atoms with E-state index in [2.05, 4.69) is 33.3 Å². The highest BCUT2D eigenvalue weighted by Gasteiger charge is 2.18. The van der Waals surface area contributed by atoms with Crippen molar-refractivity contribution in [2.75, 3.05) is 19.3 Å². The van der Waals surface area contributed by atoms with Crippen LogP contribution in [-0.2, 0) is 6.54 Å². The van der Waals surface area contributed by atoms with Crippen LogP contribution in [0.15, 0.2) is 17.8 Å². The molecule has 0 aliphatic carbocycles. The molecule has 1 saturated heterocycles. The standard InChI is InChI=1S/C14H24N4S/c1-4-9-18-12(2)15-16-14(18)19-11-8-13-7-5-6-10-17(13)3/h4,13H,1,5-11H2,2-3H3. The lowest BCUT2D eigenvalue weighted by molar-refractivity contribution is 0.182. The third-order valence-corrected chi connectivity index (χ3v) is 4.82. The summed E-state index contributed by atoms with van der Waals surface area (Å²) in [5, 5.41) is 9.42. The monoisotopic (exact) mass is 280 g/mol. The highest BCUT2D eigenvalue weighted by atomic mass is 32.2. The molecule has 5 heteroatoms. The van der Waals surface area contributed by atoms with E-state index in [1.807, 2.05) is 24.8 Å². The van der Waals surface area contributed by atoms with E-state index in [1.54, 1.807) is 0 Å². The smallest absolute Gasteiger partial charge is 0.191 e. The van der Waals surface area contributed by atoms with Gasteiger partial charge in [0.2, 0.25) is 0 Å². The van der Waals surface area contributed by atoms with Crippen LogP contribution >= 0.6 is 11.8 Å². The average Bonchev–Trinajstić information content (AvgIpc) is 2.74. The summed E-state index contributed by atoms with van der Waals surface area (Å²) in [4.78, 5) is 2.50. The fraction of sp³-hybridized carbons (Fsp3) is 0.714. The van der Waals surface area contributed by atoms with E-state index in [-0.39, 0.29) is 0 Å². The van der Waals surface area contributed by atoms with E-state index < -0.39 is 0 Å². The largest absolute Gasteiger partial charge is 0.303 e. The van der Waals surface area contributed by atoms with Gasteiger partial charge in [-0.25, -0.2) is 0 Å². The van der Waals surface area contributed by atoms with Gasteiger partial charge in [-0.3, -0.25) is 0 Å². The first-order valence-electron chi connectivity index (χ1n) is 7.06. The van der Waals surface area contributed by atoms with Crippen LogP contribution in [0.3, 0.4) is 0 Å². The van der Waals surface area contributed by atoms with Crippen LogP contribution in [0.5, 0.6) is 0 Å². The molecule has 4 nitrogen and oxygen atoms in total. The van der Waals surface area contributed by atoms with E-state index in [0.29, 0.717) is 0 Å². The van der Waals surface area contributed by atoms with Crippen LogP contribution in [0.25, 0.3) is 0 Å². The lowest BCUT2D eigenvalue weighted by atomic mass is 10.0. The Labute approximate surface area is 120 Å². The van der Waals surface area contributed by atoms with Gasteiger partial charge < -0.3 is 9.47 Å². The Kier molecular flexibility index (Phi) is 5.45. The molecular formula is C14H24N4S. The molecule has 1 unspecified atom stereocenters. The summed E-state index contributed by atoms with van der Waals surface area (Å²) >= 11 is 1.82. The number of nitrogens with zero attached hydrogens (tertiary/aromatic N) is 4. The SMILES string of the molecule is C=CCn1c(C)nnc1SCCC1CCCCN1C. The van der Waals surface area contributed by atoms with Crippen molar-refractivity contribution < 1.29 is 0 Å². The number of piperidine rings is 1. The van der Waals surface area contributed by atoms with Crippen molar-refractivity contribution in [3.8, 4) is 0 Å². The summed E-state index contributed by atoms with van der Waals surface area (Å²) in [6.07, 6.45) is 7.21. The fourth-order valence-electron chi connectivity index (χ4n) is 2.60. The van der Waals surface area contributed by atoms with Crippen molar-refractivity contribution in [3.63, 3.8) is 0 Å². The predicted octanol–water partition coefficient (Wildman–Crippen LogP) is 2.74. The van der Waals surface area contributed by atoms with E-state index >= 15 is 0 Å². The highest BCUT2D eigenvalue weighted by molar-refractivity contribution is 7.99. The van der Waals surface area contributed by atoms with Gasteiger partial charge in [-0.1, -0.05) is 24.3 Å². The molecular weight excluding hydrogens is 256 g/mol. The van der Waals surface area contributed by atoms with Crippen LogP contribution in [0.4, 0.5) is 0 Å². The van der Waals surface area contributed by atoms with Gasteiger partial charge in [0, 0.05) is 18.3 Å². The van der Waals surface area contributed by atoms with Crippen LogP contribution in [0.2, 0.25) is 0 Å². The van der Waals surface area contributed by atoms with Gasteiger partial charge in [-0.15, -0.1) is 16.8 Å². The van der Waals surface area contributed by atoms with Crippen molar-refractivity contribution in [1.29, 1.82) is 0 Å². The minimum Gasteiger partial charge on any atom is -0.303 e. The third-order valence-electron chi connectivity index (χ3n) is 3.82. The topological polar surface area (TPSA) is 34.0 Å². The summed E-state index contributed by atoms with van der Waals surface area (Å²) in [5.41, 5.74) is 0. The Hall–Kier alpha value is -0.810.